The lowest BCUT2D eigenvalue weighted by Gasteiger charge is -2.23. The van der Waals surface area contributed by atoms with E-state index in [2.05, 4.69) is 10.3 Å². The zero-order valence-corrected chi connectivity index (χ0v) is 16.7. The minimum Gasteiger partial charge on any atom is -0.490 e. The molecule has 2 aromatic carbocycles. The number of aromatic nitrogens is 1. The van der Waals surface area contributed by atoms with Crippen LogP contribution in [0.15, 0.2) is 54.7 Å². The van der Waals surface area contributed by atoms with Crippen molar-refractivity contribution in [2.75, 3.05) is 11.9 Å². The van der Waals surface area contributed by atoms with Gasteiger partial charge in [0.2, 0.25) is 0 Å². The van der Waals surface area contributed by atoms with Crippen molar-refractivity contribution in [1.82, 2.24) is 4.98 Å². The van der Waals surface area contributed by atoms with E-state index in [-0.39, 0.29) is 5.97 Å². The molecule has 5 nitrogen and oxygen atoms in total. The molecular formula is C24H26N2O3. The molecule has 29 heavy (non-hydrogen) atoms. The number of carbonyl (C=O) groups is 1. The van der Waals surface area contributed by atoms with Crippen molar-refractivity contribution in [2.24, 2.45) is 0 Å². The molecule has 1 aliphatic carbocycles. The summed E-state index contributed by atoms with van der Waals surface area (Å²) in [6.45, 7) is 2.11. The summed E-state index contributed by atoms with van der Waals surface area (Å²) < 4.78 is 11.3. The fraction of sp³-hybridized carbons (Fsp3) is 0.333. The number of anilines is 2. The van der Waals surface area contributed by atoms with Crippen LogP contribution in [0.5, 0.6) is 5.75 Å². The van der Waals surface area contributed by atoms with Gasteiger partial charge in [-0.05, 0) is 62.9 Å². The van der Waals surface area contributed by atoms with Crippen molar-refractivity contribution < 1.29 is 14.3 Å². The summed E-state index contributed by atoms with van der Waals surface area (Å²) in [7, 11) is 0. The van der Waals surface area contributed by atoms with Gasteiger partial charge in [0.05, 0.1) is 23.9 Å². The SMILES string of the molecule is CCOC(=O)c1cnc2ccccc2c1Nc1ccc(OC2CCCCC2)cc1. The number of carbonyl (C=O) groups excluding carboxylic acids is 1. The summed E-state index contributed by atoms with van der Waals surface area (Å²) in [5.74, 6) is 0.498. The number of fused-ring (bicyclic) bond motifs is 1. The lowest BCUT2D eigenvalue weighted by Crippen LogP contribution is -2.19. The normalized spacial score (nSPS) is 14.5. The van der Waals surface area contributed by atoms with Gasteiger partial charge in [-0.2, -0.15) is 0 Å². The highest BCUT2D eigenvalue weighted by Gasteiger charge is 2.17. The van der Waals surface area contributed by atoms with Crippen molar-refractivity contribution in [3.8, 4) is 5.75 Å². The van der Waals surface area contributed by atoms with Crippen molar-refractivity contribution in [2.45, 2.75) is 45.1 Å². The van der Waals surface area contributed by atoms with E-state index in [1.807, 2.05) is 48.5 Å². The summed E-state index contributed by atoms with van der Waals surface area (Å²) in [5, 5.41) is 4.26. The molecule has 5 heteroatoms. The minimum atomic E-state index is -0.384. The van der Waals surface area contributed by atoms with Crippen LogP contribution in [0.4, 0.5) is 11.4 Å². The Kier molecular flexibility index (Phi) is 5.94. The predicted molar refractivity (Wildman–Crippen MR) is 115 cm³/mol. The molecule has 1 aromatic heterocycles. The molecule has 0 radical (unpaired) electrons. The lowest BCUT2D eigenvalue weighted by molar-refractivity contribution is 0.0527. The third kappa shape index (κ3) is 4.50. The molecule has 1 N–H and O–H groups in total. The second-order valence-corrected chi connectivity index (χ2v) is 7.31. The number of nitrogens with zero attached hydrogens (tertiary/aromatic N) is 1. The molecule has 0 spiro atoms. The van der Waals surface area contributed by atoms with E-state index in [0.29, 0.717) is 24.0 Å². The van der Waals surface area contributed by atoms with Crippen LogP contribution in [-0.2, 0) is 4.74 Å². The molecular weight excluding hydrogens is 364 g/mol. The Bertz CT molecular complexity index is 979. The van der Waals surface area contributed by atoms with Crippen LogP contribution in [0.1, 0.15) is 49.4 Å². The molecule has 0 unspecified atom stereocenters. The standard InChI is InChI=1S/C24H26N2O3/c1-2-28-24(27)21-16-25-22-11-7-6-10-20(22)23(21)26-17-12-14-19(15-13-17)29-18-8-4-3-5-9-18/h6-7,10-16,18H,2-5,8-9H2,1H3,(H,25,26). The Balaban J connectivity index is 1.59. The Labute approximate surface area is 171 Å². The molecule has 1 heterocycles. The number of hydrogen-bond donors (Lipinski definition) is 1. The number of benzene rings is 2. The Morgan fingerprint density at radius 3 is 2.59 bits per heavy atom. The quantitative estimate of drug-likeness (QED) is 0.534. The second kappa shape index (κ2) is 8.95. The van der Waals surface area contributed by atoms with Crippen LogP contribution in [-0.4, -0.2) is 23.7 Å². The molecule has 0 atom stereocenters. The van der Waals surface area contributed by atoms with Gasteiger partial charge < -0.3 is 14.8 Å². The van der Waals surface area contributed by atoms with Gasteiger partial charge in [-0.15, -0.1) is 0 Å². The monoisotopic (exact) mass is 390 g/mol. The molecule has 1 saturated carbocycles. The van der Waals surface area contributed by atoms with Crippen LogP contribution in [0.2, 0.25) is 0 Å². The maximum atomic E-state index is 12.5. The Hall–Kier alpha value is -3.08. The van der Waals surface area contributed by atoms with Crippen LogP contribution in [0, 0.1) is 0 Å². The fourth-order valence-electron chi connectivity index (χ4n) is 3.78. The highest BCUT2D eigenvalue weighted by Crippen LogP contribution is 2.31. The summed E-state index contributed by atoms with van der Waals surface area (Å²) in [6, 6.07) is 15.6. The first kappa shape index (κ1) is 19.2. The maximum absolute atomic E-state index is 12.5. The summed E-state index contributed by atoms with van der Waals surface area (Å²) in [6.07, 6.45) is 7.96. The first-order chi connectivity index (χ1) is 14.2. The first-order valence-corrected chi connectivity index (χ1v) is 10.3. The van der Waals surface area contributed by atoms with Crippen molar-refractivity contribution in [3.63, 3.8) is 0 Å². The maximum Gasteiger partial charge on any atom is 0.341 e. The van der Waals surface area contributed by atoms with Crippen molar-refractivity contribution in [1.29, 1.82) is 0 Å². The summed E-state index contributed by atoms with van der Waals surface area (Å²) in [4.78, 5) is 16.9. The minimum absolute atomic E-state index is 0.318. The molecule has 1 fully saturated rings. The number of hydrogen-bond acceptors (Lipinski definition) is 5. The van der Waals surface area contributed by atoms with Crippen LogP contribution in [0.3, 0.4) is 0 Å². The largest absolute Gasteiger partial charge is 0.490 e. The van der Waals surface area contributed by atoms with Crippen LogP contribution < -0.4 is 10.1 Å². The number of para-hydroxylation sites is 1. The smallest absolute Gasteiger partial charge is 0.341 e. The fourth-order valence-corrected chi connectivity index (χ4v) is 3.78. The molecule has 150 valence electrons. The van der Waals surface area contributed by atoms with Gasteiger partial charge in [-0.25, -0.2) is 4.79 Å². The number of nitrogens with one attached hydrogen (secondary N) is 1. The van der Waals surface area contributed by atoms with E-state index in [0.717, 1.165) is 35.2 Å². The molecule has 1 aliphatic rings. The zero-order chi connectivity index (χ0) is 20.1. The number of ether oxygens (including phenoxy) is 2. The average Bonchev–Trinajstić information content (AvgIpc) is 2.76. The summed E-state index contributed by atoms with van der Waals surface area (Å²) in [5.41, 5.74) is 2.83. The first-order valence-electron chi connectivity index (χ1n) is 10.3. The predicted octanol–water partition coefficient (Wildman–Crippen LogP) is 5.87. The molecule has 3 aromatic rings. The third-order valence-electron chi connectivity index (χ3n) is 5.25. The van der Waals surface area contributed by atoms with E-state index >= 15 is 0 Å². The molecule has 0 bridgehead atoms. The van der Waals surface area contributed by atoms with E-state index < -0.39 is 0 Å². The van der Waals surface area contributed by atoms with Gasteiger partial charge in [0.1, 0.15) is 11.3 Å². The van der Waals surface area contributed by atoms with Gasteiger partial charge in [-0.1, -0.05) is 24.6 Å². The van der Waals surface area contributed by atoms with Crippen molar-refractivity contribution >= 4 is 28.2 Å². The zero-order valence-electron chi connectivity index (χ0n) is 16.7. The van der Waals surface area contributed by atoms with Gasteiger partial charge in [0, 0.05) is 17.3 Å². The molecule has 0 saturated heterocycles. The lowest BCUT2D eigenvalue weighted by atomic mass is 9.98. The number of esters is 1. The second-order valence-electron chi connectivity index (χ2n) is 7.31. The summed E-state index contributed by atoms with van der Waals surface area (Å²) >= 11 is 0. The highest BCUT2D eigenvalue weighted by molar-refractivity contribution is 6.05. The molecule has 4 rings (SSSR count). The Morgan fingerprint density at radius 2 is 1.83 bits per heavy atom. The van der Waals surface area contributed by atoms with Crippen molar-refractivity contribution in [3.05, 3.63) is 60.3 Å². The Morgan fingerprint density at radius 1 is 1.07 bits per heavy atom. The van der Waals surface area contributed by atoms with E-state index in [1.54, 1.807) is 13.1 Å². The molecule has 0 aliphatic heterocycles. The van der Waals surface area contributed by atoms with Gasteiger partial charge in [-0.3, -0.25) is 4.98 Å². The molecule has 0 amide bonds. The van der Waals surface area contributed by atoms with Gasteiger partial charge in [0.25, 0.3) is 0 Å². The third-order valence-corrected chi connectivity index (χ3v) is 5.25. The van der Waals surface area contributed by atoms with Crippen LogP contribution in [0.25, 0.3) is 10.9 Å². The van der Waals surface area contributed by atoms with E-state index in [4.69, 9.17) is 9.47 Å². The average molecular weight is 390 g/mol. The van der Waals surface area contributed by atoms with E-state index in [9.17, 15) is 4.79 Å². The topological polar surface area (TPSA) is 60.5 Å². The van der Waals surface area contributed by atoms with Gasteiger partial charge >= 0.3 is 5.97 Å². The highest BCUT2D eigenvalue weighted by atomic mass is 16.5. The van der Waals surface area contributed by atoms with Gasteiger partial charge in [0.15, 0.2) is 0 Å². The number of rotatable bonds is 6. The number of pyridine rings is 1. The van der Waals surface area contributed by atoms with E-state index in [1.165, 1.54) is 19.3 Å². The van der Waals surface area contributed by atoms with Crippen LogP contribution >= 0.6 is 0 Å².